The maximum absolute atomic E-state index is 10.6. The monoisotopic (exact) mass is 108 g/mol. The zero-order valence-corrected chi connectivity index (χ0v) is 4.89. The van der Waals surface area contributed by atoms with Crippen LogP contribution in [-0.4, -0.2) is 13.6 Å². The minimum absolute atomic E-state index is 0.299. The van der Waals surface area contributed by atoms with Gasteiger partial charge in [-0.15, -0.1) is 0 Å². The van der Waals surface area contributed by atoms with Gasteiger partial charge in [0.1, 0.15) is 5.78 Å². The van der Waals surface area contributed by atoms with Gasteiger partial charge in [0, 0.05) is 12.8 Å². The summed E-state index contributed by atoms with van der Waals surface area (Å²) in [5, 5.41) is 0. The van der Waals surface area contributed by atoms with Gasteiger partial charge in [0.25, 0.3) is 0 Å². The first-order chi connectivity index (χ1) is 3.79. The van der Waals surface area contributed by atoms with Crippen LogP contribution in [0.15, 0.2) is 0 Å². The van der Waals surface area contributed by atoms with E-state index in [9.17, 15) is 4.79 Å². The van der Waals surface area contributed by atoms with Gasteiger partial charge in [0.2, 0.25) is 0 Å². The van der Waals surface area contributed by atoms with E-state index in [0.29, 0.717) is 24.4 Å². The van der Waals surface area contributed by atoms with Crippen LogP contribution in [0.1, 0.15) is 25.7 Å². The summed E-state index contributed by atoms with van der Waals surface area (Å²) in [5.41, 5.74) is 0. The van der Waals surface area contributed by atoms with E-state index in [1.807, 2.05) is 0 Å². The molecule has 0 aromatic carbocycles. The van der Waals surface area contributed by atoms with E-state index in [0.717, 1.165) is 12.8 Å². The van der Waals surface area contributed by atoms with Gasteiger partial charge in [-0.2, -0.15) is 0 Å². The lowest BCUT2D eigenvalue weighted by atomic mass is 9.75. The Morgan fingerprint density at radius 2 is 1.88 bits per heavy atom. The van der Waals surface area contributed by atoms with Crippen molar-refractivity contribution in [2.45, 2.75) is 31.5 Å². The van der Waals surface area contributed by atoms with Crippen LogP contribution >= 0.6 is 0 Å². The quantitative estimate of drug-likeness (QED) is 0.424. The van der Waals surface area contributed by atoms with E-state index in [-0.39, 0.29) is 0 Å². The molecule has 0 atom stereocenters. The van der Waals surface area contributed by atoms with E-state index in [1.54, 1.807) is 0 Å². The topological polar surface area (TPSA) is 17.1 Å². The van der Waals surface area contributed by atoms with Crippen molar-refractivity contribution in [3.63, 3.8) is 0 Å². The van der Waals surface area contributed by atoms with E-state index < -0.39 is 0 Å². The lowest BCUT2D eigenvalue weighted by Gasteiger charge is -2.15. The predicted octanol–water partition coefficient (Wildman–Crippen LogP) is 1.09. The van der Waals surface area contributed by atoms with E-state index in [1.165, 1.54) is 0 Å². The van der Waals surface area contributed by atoms with Gasteiger partial charge in [-0.25, -0.2) is 0 Å². The van der Waals surface area contributed by atoms with Crippen molar-refractivity contribution in [3.05, 3.63) is 0 Å². The molecule has 1 saturated carbocycles. The minimum atomic E-state index is 0.299. The summed E-state index contributed by atoms with van der Waals surface area (Å²) in [7, 11) is 5.54. The van der Waals surface area contributed by atoms with Crippen molar-refractivity contribution in [2.75, 3.05) is 0 Å². The fraction of sp³-hybridized carbons (Fsp3) is 0.833. The zero-order chi connectivity index (χ0) is 5.98. The van der Waals surface area contributed by atoms with Gasteiger partial charge in [-0.05, 0) is 0 Å². The first-order valence-corrected chi connectivity index (χ1v) is 3.06. The third-order valence-electron chi connectivity index (χ3n) is 1.59. The lowest BCUT2D eigenvalue weighted by Crippen LogP contribution is -2.09. The molecule has 42 valence electrons. The SMILES string of the molecule is [B]C1CCC(=O)CC1. The fourth-order valence-corrected chi connectivity index (χ4v) is 0.962. The number of carbonyl (C=O) groups excluding carboxylic acids is 1. The molecule has 0 aromatic rings. The molecule has 2 radical (unpaired) electrons. The van der Waals surface area contributed by atoms with Gasteiger partial charge in [-0.1, -0.05) is 18.7 Å². The molecule has 0 heterocycles. The van der Waals surface area contributed by atoms with Gasteiger partial charge in [-0.3, -0.25) is 4.79 Å². The van der Waals surface area contributed by atoms with Gasteiger partial charge in [0.15, 0.2) is 0 Å². The van der Waals surface area contributed by atoms with Crippen molar-refractivity contribution in [1.82, 2.24) is 0 Å². The Bertz CT molecular complexity index is 90.7. The summed E-state index contributed by atoms with van der Waals surface area (Å²) in [6.45, 7) is 0. The van der Waals surface area contributed by atoms with Crippen LogP contribution in [0.3, 0.4) is 0 Å². The van der Waals surface area contributed by atoms with E-state index in [4.69, 9.17) is 7.85 Å². The number of hydrogen-bond donors (Lipinski definition) is 0. The minimum Gasteiger partial charge on any atom is -0.300 e. The lowest BCUT2D eigenvalue weighted by molar-refractivity contribution is -0.120. The standard InChI is InChI=1S/C6H9BO/c7-5-1-3-6(8)4-2-5/h5H,1-4H2. The van der Waals surface area contributed by atoms with Crippen LogP contribution < -0.4 is 0 Å². The predicted molar refractivity (Wildman–Crippen MR) is 33.0 cm³/mol. The average Bonchev–Trinajstić information content (AvgIpc) is 1.77. The molecular weight excluding hydrogens is 98.9 g/mol. The second-order valence-corrected chi connectivity index (χ2v) is 2.38. The van der Waals surface area contributed by atoms with Crippen molar-refractivity contribution in [3.8, 4) is 0 Å². The molecule has 0 amide bonds. The molecule has 0 bridgehead atoms. The van der Waals surface area contributed by atoms with Crippen LogP contribution in [0, 0.1) is 0 Å². The molecule has 0 N–H and O–H groups in total. The Labute approximate surface area is 50.9 Å². The molecule has 8 heavy (non-hydrogen) atoms. The van der Waals surface area contributed by atoms with Crippen LogP contribution in [0.5, 0.6) is 0 Å². The smallest absolute Gasteiger partial charge is 0.132 e. The number of ketones is 1. The van der Waals surface area contributed by atoms with Crippen LogP contribution in [-0.2, 0) is 4.79 Å². The van der Waals surface area contributed by atoms with Crippen molar-refractivity contribution >= 4 is 13.6 Å². The molecule has 1 fully saturated rings. The maximum atomic E-state index is 10.6. The second-order valence-electron chi connectivity index (χ2n) is 2.38. The summed E-state index contributed by atoms with van der Waals surface area (Å²) < 4.78 is 0. The highest BCUT2D eigenvalue weighted by Crippen LogP contribution is 2.22. The Balaban J connectivity index is 2.29. The molecule has 0 aromatic heterocycles. The average molecular weight is 108 g/mol. The first kappa shape index (κ1) is 5.86. The van der Waals surface area contributed by atoms with Crippen LogP contribution in [0.2, 0.25) is 5.82 Å². The largest absolute Gasteiger partial charge is 0.300 e. The molecular formula is C6H9BO. The molecule has 0 spiro atoms. The highest BCUT2D eigenvalue weighted by molar-refractivity contribution is 6.12. The van der Waals surface area contributed by atoms with E-state index >= 15 is 0 Å². The Morgan fingerprint density at radius 1 is 1.38 bits per heavy atom. The molecule has 0 unspecified atom stereocenters. The number of hydrogen-bond acceptors (Lipinski definition) is 1. The molecule has 0 aliphatic heterocycles. The Morgan fingerprint density at radius 3 is 2.25 bits per heavy atom. The summed E-state index contributed by atoms with van der Waals surface area (Å²) >= 11 is 0. The van der Waals surface area contributed by atoms with E-state index in [2.05, 4.69) is 0 Å². The Kier molecular flexibility index (Phi) is 1.71. The third kappa shape index (κ3) is 1.36. The van der Waals surface area contributed by atoms with Crippen molar-refractivity contribution < 1.29 is 4.79 Å². The second kappa shape index (κ2) is 2.34. The summed E-state index contributed by atoms with van der Waals surface area (Å²) in [6.07, 6.45) is 3.22. The van der Waals surface area contributed by atoms with Gasteiger partial charge < -0.3 is 0 Å². The molecule has 1 rings (SSSR count). The van der Waals surface area contributed by atoms with Crippen LogP contribution in [0.25, 0.3) is 0 Å². The van der Waals surface area contributed by atoms with Crippen molar-refractivity contribution in [2.24, 2.45) is 0 Å². The fourth-order valence-electron chi connectivity index (χ4n) is 0.962. The maximum Gasteiger partial charge on any atom is 0.132 e. The zero-order valence-electron chi connectivity index (χ0n) is 4.89. The normalized spacial score (nSPS) is 23.8. The summed E-state index contributed by atoms with van der Waals surface area (Å²) in [4.78, 5) is 10.6. The number of carbonyl (C=O) groups is 1. The van der Waals surface area contributed by atoms with Gasteiger partial charge in [0.05, 0.1) is 7.85 Å². The van der Waals surface area contributed by atoms with Gasteiger partial charge >= 0.3 is 0 Å². The number of Topliss-reactive ketones (excluding diaryl/α,β-unsaturated/α-hetero) is 1. The highest BCUT2D eigenvalue weighted by Gasteiger charge is 2.13. The van der Waals surface area contributed by atoms with Crippen molar-refractivity contribution in [1.29, 1.82) is 0 Å². The molecule has 0 saturated heterocycles. The highest BCUT2D eigenvalue weighted by atomic mass is 16.1. The Hall–Kier alpha value is -0.265. The molecule has 2 heteroatoms. The summed E-state index contributed by atoms with van der Waals surface area (Å²) in [6, 6.07) is 0. The first-order valence-electron chi connectivity index (χ1n) is 3.06. The number of rotatable bonds is 0. The molecule has 1 nitrogen and oxygen atoms in total. The molecule has 1 aliphatic rings. The summed E-state index contributed by atoms with van der Waals surface area (Å²) in [5.74, 6) is 0.680. The van der Waals surface area contributed by atoms with Crippen LogP contribution in [0.4, 0.5) is 0 Å². The third-order valence-corrected chi connectivity index (χ3v) is 1.59. The molecule has 1 aliphatic carbocycles.